The van der Waals surface area contributed by atoms with E-state index in [1.807, 2.05) is 66.5 Å². The fraction of sp³-hybridized carbons (Fsp3) is 0.188. The third-order valence-corrected chi connectivity index (χ3v) is 3.76. The number of nitrogens with two attached hydrogens (primary N) is 1. The third kappa shape index (κ3) is 4.14. The van der Waals surface area contributed by atoms with Gasteiger partial charge in [-0.15, -0.1) is 0 Å². The second-order valence-corrected chi connectivity index (χ2v) is 5.78. The van der Waals surface area contributed by atoms with Crippen molar-refractivity contribution in [2.75, 3.05) is 7.05 Å². The first-order chi connectivity index (χ1) is 10.1. The van der Waals surface area contributed by atoms with Crippen molar-refractivity contribution in [3.63, 3.8) is 0 Å². The summed E-state index contributed by atoms with van der Waals surface area (Å²) in [6.07, 6.45) is 0. The predicted octanol–water partition coefficient (Wildman–Crippen LogP) is 2.61. The summed E-state index contributed by atoms with van der Waals surface area (Å²) >= 11 is 3.46. The van der Waals surface area contributed by atoms with Crippen LogP contribution in [-0.2, 0) is 11.3 Å². The van der Waals surface area contributed by atoms with Crippen LogP contribution in [-0.4, -0.2) is 17.9 Å². The summed E-state index contributed by atoms with van der Waals surface area (Å²) in [4.78, 5) is 14.1. The molecule has 0 aliphatic heterocycles. The number of hydrogen-bond acceptors (Lipinski definition) is 3. The number of nitrogens with one attached hydrogen (secondary N) is 1. The van der Waals surface area contributed by atoms with Crippen molar-refractivity contribution < 1.29 is 4.79 Å². The minimum atomic E-state index is -0.421. The molecule has 1 atom stereocenters. The van der Waals surface area contributed by atoms with Gasteiger partial charge in [0, 0.05) is 11.0 Å². The quantitative estimate of drug-likeness (QED) is 0.496. The van der Waals surface area contributed by atoms with Crippen LogP contribution < -0.4 is 11.3 Å². The average Bonchev–Trinajstić information content (AvgIpc) is 2.48. The number of carbonyl (C=O) groups is 1. The Morgan fingerprint density at radius 1 is 1.24 bits per heavy atom. The molecular weight excluding hydrogens is 330 g/mol. The van der Waals surface area contributed by atoms with E-state index in [4.69, 9.17) is 5.84 Å². The van der Waals surface area contributed by atoms with Crippen molar-refractivity contribution in [1.82, 2.24) is 10.3 Å². The summed E-state index contributed by atoms with van der Waals surface area (Å²) in [5.74, 6) is 5.11. The van der Waals surface area contributed by atoms with Crippen LogP contribution in [0.2, 0.25) is 0 Å². The fourth-order valence-electron chi connectivity index (χ4n) is 2.33. The molecular formula is C16H18BrN3O. The van der Waals surface area contributed by atoms with E-state index in [2.05, 4.69) is 21.4 Å². The Labute approximate surface area is 133 Å². The number of nitrogens with zero attached hydrogens (tertiary/aromatic N) is 1. The molecule has 2 rings (SSSR count). The molecule has 0 bridgehead atoms. The van der Waals surface area contributed by atoms with Gasteiger partial charge in [-0.1, -0.05) is 58.4 Å². The molecule has 2 aromatic rings. The van der Waals surface area contributed by atoms with Crippen LogP contribution in [0.1, 0.15) is 17.2 Å². The van der Waals surface area contributed by atoms with Gasteiger partial charge in [-0.2, -0.15) is 0 Å². The number of likely N-dealkylation sites (N-methyl/N-ethyl adjacent to an activating group) is 1. The Hall–Kier alpha value is -1.69. The zero-order chi connectivity index (χ0) is 15.2. The Kier molecular flexibility index (Phi) is 5.50. The van der Waals surface area contributed by atoms with E-state index in [1.54, 1.807) is 0 Å². The van der Waals surface area contributed by atoms with Gasteiger partial charge in [0.1, 0.15) is 6.04 Å². The van der Waals surface area contributed by atoms with Crippen LogP contribution in [0.3, 0.4) is 0 Å². The summed E-state index contributed by atoms with van der Waals surface area (Å²) in [5, 5.41) is 0. The highest BCUT2D eigenvalue weighted by Crippen LogP contribution is 2.22. The van der Waals surface area contributed by atoms with Crippen LogP contribution in [0, 0.1) is 0 Å². The largest absolute Gasteiger partial charge is 0.293 e. The van der Waals surface area contributed by atoms with E-state index in [0.29, 0.717) is 6.54 Å². The second-order valence-electron chi connectivity index (χ2n) is 4.87. The molecule has 5 heteroatoms. The Morgan fingerprint density at radius 3 is 2.57 bits per heavy atom. The standard InChI is InChI=1S/C16H18BrN3O/c1-20(11-12-6-5-9-14(17)10-12)15(16(21)19-18)13-7-3-2-4-8-13/h2-10,15H,11,18H2,1H3,(H,19,21). The van der Waals surface area contributed by atoms with Crippen molar-refractivity contribution in [2.45, 2.75) is 12.6 Å². The predicted molar refractivity (Wildman–Crippen MR) is 87.1 cm³/mol. The van der Waals surface area contributed by atoms with Crippen molar-refractivity contribution in [3.8, 4) is 0 Å². The van der Waals surface area contributed by atoms with E-state index < -0.39 is 6.04 Å². The van der Waals surface area contributed by atoms with Crippen LogP contribution in [0.4, 0.5) is 0 Å². The van der Waals surface area contributed by atoms with E-state index in [9.17, 15) is 4.79 Å². The summed E-state index contributed by atoms with van der Waals surface area (Å²) in [6.45, 7) is 0.645. The molecule has 0 radical (unpaired) electrons. The first kappa shape index (κ1) is 15.7. The van der Waals surface area contributed by atoms with Crippen LogP contribution >= 0.6 is 15.9 Å². The first-order valence-electron chi connectivity index (χ1n) is 6.62. The third-order valence-electron chi connectivity index (χ3n) is 3.27. The van der Waals surface area contributed by atoms with E-state index in [1.165, 1.54) is 0 Å². The lowest BCUT2D eigenvalue weighted by molar-refractivity contribution is -0.126. The molecule has 0 fully saturated rings. The van der Waals surface area contributed by atoms with Gasteiger partial charge in [0.2, 0.25) is 0 Å². The molecule has 0 aliphatic rings. The minimum Gasteiger partial charge on any atom is -0.293 e. The molecule has 4 nitrogen and oxygen atoms in total. The zero-order valence-corrected chi connectivity index (χ0v) is 13.4. The molecule has 1 amide bonds. The number of carbonyl (C=O) groups excluding carboxylic acids is 1. The summed E-state index contributed by atoms with van der Waals surface area (Å²) in [5.41, 5.74) is 4.29. The molecule has 2 aromatic carbocycles. The van der Waals surface area contributed by atoms with Gasteiger partial charge in [-0.05, 0) is 30.3 Å². The molecule has 0 spiro atoms. The number of benzene rings is 2. The van der Waals surface area contributed by atoms with E-state index in [-0.39, 0.29) is 5.91 Å². The van der Waals surface area contributed by atoms with Gasteiger partial charge in [-0.25, -0.2) is 5.84 Å². The van der Waals surface area contributed by atoms with Gasteiger partial charge >= 0.3 is 0 Å². The van der Waals surface area contributed by atoms with Crippen molar-refractivity contribution in [2.24, 2.45) is 5.84 Å². The number of halogens is 1. The Balaban J connectivity index is 2.23. The number of rotatable bonds is 5. The van der Waals surface area contributed by atoms with E-state index >= 15 is 0 Å². The highest BCUT2D eigenvalue weighted by molar-refractivity contribution is 9.10. The number of hydrazine groups is 1. The van der Waals surface area contributed by atoms with Crippen LogP contribution in [0.5, 0.6) is 0 Å². The summed E-state index contributed by atoms with van der Waals surface area (Å²) in [6, 6.07) is 17.2. The average molecular weight is 348 g/mol. The number of hydrogen-bond donors (Lipinski definition) is 2. The van der Waals surface area contributed by atoms with E-state index in [0.717, 1.165) is 15.6 Å². The smallest absolute Gasteiger partial charge is 0.255 e. The minimum absolute atomic E-state index is 0.223. The molecule has 0 saturated heterocycles. The monoisotopic (exact) mass is 347 g/mol. The molecule has 1 unspecified atom stereocenters. The van der Waals surface area contributed by atoms with Crippen molar-refractivity contribution in [3.05, 3.63) is 70.2 Å². The second kappa shape index (κ2) is 7.36. The fourth-order valence-corrected chi connectivity index (χ4v) is 2.78. The molecule has 110 valence electrons. The van der Waals surface area contributed by atoms with Gasteiger partial charge in [-0.3, -0.25) is 15.1 Å². The maximum absolute atomic E-state index is 12.1. The van der Waals surface area contributed by atoms with Gasteiger partial charge in [0.15, 0.2) is 0 Å². The highest BCUT2D eigenvalue weighted by atomic mass is 79.9. The maximum atomic E-state index is 12.1. The topological polar surface area (TPSA) is 58.4 Å². The maximum Gasteiger partial charge on any atom is 0.255 e. The van der Waals surface area contributed by atoms with Gasteiger partial charge in [0.05, 0.1) is 0 Å². The van der Waals surface area contributed by atoms with Crippen LogP contribution in [0.25, 0.3) is 0 Å². The summed E-state index contributed by atoms with van der Waals surface area (Å²) in [7, 11) is 1.91. The molecule has 3 N–H and O–H groups in total. The molecule has 0 saturated carbocycles. The Morgan fingerprint density at radius 2 is 1.95 bits per heavy atom. The first-order valence-corrected chi connectivity index (χ1v) is 7.41. The molecule has 0 aromatic heterocycles. The van der Waals surface area contributed by atoms with Gasteiger partial charge < -0.3 is 0 Å². The lowest BCUT2D eigenvalue weighted by Gasteiger charge is -2.27. The molecule has 0 aliphatic carbocycles. The van der Waals surface area contributed by atoms with Crippen molar-refractivity contribution in [1.29, 1.82) is 0 Å². The van der Waals surface area contributed by atoms with Crippen LogP contribution in [0.15, 0.2) is 59.1 Å². The van der Waals surface area contributed by atoms with Crippen molar-refractivity contribution >= 4 is 21.8 Å². The lowest BCUT2D eigenvalue weighted by Crippen LogP contribution is -2.41. The molecule has 21 heavy (non-hydrogen) atoms. The highest BCUT2D eigenvalue weighted by Gasteiger charge is 2.24. The van der Waals surface area contributed by atoms with Gasteiger partial charge in [0.25, 0.3) is 5.91 Å². The Bertz CT molecular complexity index is 603. The summed E-state index contributed by atoms with van der Waals surface area (Å²) < 4.78 is 1.02. The normalized spacial score (nSPS) is 12.2. The molecule has 0 heterocycles. The SMILES string of the molecule is CN(Cc1cccc(Br)c1)C(C(=O)NN)c1ccccc1. The number of amides is 1. The lowest BCUT2D eigenvalue weighted by atomic mass is 10.0. The zero-order valence-electron chi connectivity index (χ0n) is 11.8.